The standard InChI is InChI=1S/C10H16N2O2S/c1-7-6-15-9(12-7)4-8(11)5-10-13-2-3-14-10/h6,8,10H,2-5,11H2,1H3. The van der Waals surface area contributed by atoms with Crippen molar-refractivity contribution in [1.29, 1.82) is 0 Å². The summed E-state index contributed by atoms with van der Waals surface area (Å²) >= 11 is 1.66. The number of hydrogen-bond donors (Lipinski definition) is 1. The number of nitrogens with zero attached hydrogens (tertiary/aromatic N) is 1. The SMILES string of the molecule is Cc1csc(CC(N)CC2OCCO2)n1. The van der Waals surface area contributed by atoms with E-state index in [2.05, 4.69) is 4.98 Å². The molecule has 15 heavy (non-hydrogen) atoms. The van der Waals surface area contributed by atoms with E-state index in [1.54, 1.807) is 11.3 Å². The molecule has 1 atom stereocenters. The molecule has 0 bridgehead atoms. The minimum absolute atomic E-state index is 0.0682. The number of hydrogen-bond acceptors (Lipinski definition) is 5. The number of thiazole rings is 1. The predicted molar refractivity (Wildman–Crippen MR) is 58.8 cm³/mol. The average Bonchev–Trinajstić information content (AvgIpc) is 2.77. The van der Waals surface area contributed by atoms with Gasteiger partial charge in [-0.15, -0.1) is 11.3 Å². The minimum Gasteiger partial charge on any atom is -0.350 e. The van der Waals surface area contributed by atoms with Gasteiger partial charge in [0, 0.05) is 30.0 Å². The lowest BCUT2D eigenvalue weighted by Crippen LogP contribution is -2.28. The third-order valence-electron chi connectivity index (χ3n) is 2.29. The Labute approximate surface area is 93.4 Å². The van der Waals surface area contributed by atoms with Gasteiger partial charge < -0.3 is 15.2 Å². The summed E-state index contributed by atoms with van der Waals surface area (Å²) in [5, 5.41) is 3.14. The Morgan fingerprint density at radius 1 is 1.60 bits per heavy atom. The van der Waals surface area contributed by atoms with Crippen molar-refractivity contribution in [3.8, 4) is 0 Å². The van der Waals surface area contributed by atoms with Crippen LogP contribution in [0.15, 0.2) is 5.38 Å². The second kappa shape index (κ2) is 5.03. The molecule has 1 aromatic rings. The van der Waals surface area contributed by atoms with Gasteiger partial charge in [-0.05, 0) is 6.92 Å². The van der Waals surface area contributed by atoms with E-state index in [-0.39, 0.29) is 12.3 Å². The van der Waals surface area contributed by atoms with Crippen LogP contribution < -0.4 is 5.73 Å². The Hall–Kier alpha value is -0.490. The predicted octanol–water partition coefficient (Wildman–Crippen LogP) is 1.08. The topological polar surface area (TPSA) is 57.4 Å². The van der Waals surface area contributed by atoms with Crippen molar-refractivity contribution in [2.75, 3.05) is 13.2 Å². The van der Waals surface area contributed by atoms with E-state index in [0.717, 1.165) is 23.5 Å². The molecule has 0 radical (unpaired) electrons. The summed E-state index contributed by atoms with van der Waals surface area (Å²) in [5.41, 5.74) is 7.07. The highest BCUT2D eigenvalue weighted by Crippen LogP contribution is 2.15. The van der Waals surface area contributed by atoms with Crippen LogP contribution in [0.3, 0.4) is 0 Å². The van der Waals surface area contributed by atoms with Gasteiger partial charge in [-0.3, -0.25) is 0 Å². The lowest BCUT2D eigenvalue weighted by molar-refractivity contribution is -0.0504. The maximum Gasteiger partial charge on any atom is 0.159 e. The smallest absolute Gasteiger partial charge is 0.159 e. The zero-order chi connectivity index (χ0) is 10.7. The van der Waals surface area contributed by atoms with E-state index in [9.17, 15) is 0 Å². The molecule has 0 aliphatic carbocycles. The zero-order valence-corrected chi connectivity index (χ0v) is 9.63. The summed E-state index contributed by atoms with van der Waals surface area (Å²) in [6.07, 6.45) is 1.45. The first kappa shape index (κ1) is 11.0. The van der Waals surface area contributed by atoms with Gasteiger partial charge in [-0.2, -0.15) is 0 Å². The fourth-order valence-electron chi connectivity index (χ4n) is 1.59. The van der Waals surface area contributed by atoms with Gasteiger partial charge in [0.25, 0.3) is 0 Å². The van der Waals surface area contributed by atoms with E-state index in [0.29, 0.717) is 13.2 Å². The van der Waals surface area contributed by atoms with E-state index < -0.39 is 0 Å². The monoisotopic (exact) mass is 228 g/mol. The average molecular weight is 228 g/mol. The number of aromatic nitrogens is 1. The molecular formula is C10H16N2O2S. The molecule has 2 heterocycles. The Kier molecular flexibility index (Phi) is 3.69. The third-order valence-corrected chi connectivity index (χ3v) is 3.28. The van der Waals surface area contributed by atoms with Gasteiger partial charge in [0.05, 0.1) is 18.2 Å². The fourth-order valence-corrected chi connectivity index (χ4v) is 2.46. The van der Waals surface area contributed by atoms with Gasteiger partial charge in [0.15, 0.2) is 6.29 Å². The van der Waals surface area contributed by atoms with Crippen molar-refractivity contribution in [3.05, 3.63) is 16.1 Å². The summed E-state index contributed by atoms with van der Waals surface area (Å²) in [4.78, 5) is 4.38. The molecular weight excluding hydrogens is 212 g/mol. The maximum atomic E-state index is 6.00. The molecule has 0 amide bonds. The van der Waals surface area contributed by atoms with E-state index in [4.69, 9.17) is 15.2 Å². The highest BCUT2D eigenvalue weighted by molar-refractivity contribution is 7.09. The summed E-state index contributed by atoms with van der Waals surface area (Å²) in [6, 6.07) is 0.0682. The molecule has 0 saturated carbocycles. The molecule has 2 rings (SSSR count). The van der Waals surface area contributed by atoms with Crippen molar-refractivity contribution in [1.82, 2.24) is 4.98 Å². The molecule has 1 aliphatic rings. The molecule has 1 fully saturated rings. The fraction of sp³-hybridized carbons (Fsp3) is 0.700. The molecule has 4 nitrogen and oxygen atoms in total. The van der Waals surface area contributed by atoms with Crippen LogP contribution in [0, 0.1) is 6.92 Å². The summed E-state index contributed by atoms with van der Waals surface area (Å²) in [5.74, 6) is 0. The lowest BCUT2D eigenvalue weighted by Gasteiger charge is -2.14. The van der Waals surface area contributed by atoms with Gasteiger partial charge in [-0.1, -0.05) is 0 Å². The van der Waals surface area contributed by atoms with Crippen molar-refractivity contribution in [2.45, 2.75) is 32.1 Å². The van der Waals surface area contributed by atoms with Gasteiger partial charge in [0.1, 0.15) is 0 Å². The largest absolute Gasteiger partial charge is 0.350 e. The Balaban J connectivity index is 1.78. The normalized spacial score (nSPS) is 19.6. The number of ether oxygens (including phenoxy) is 2. The number of nitrogens with two attached hydrogens (primary N) is 1. The lowest BCUT2D eigenvalue weighted by atomic mass is 10.1. The number of rotatable bonds is 4. The highest BCUT2D eigenvalue weighted by atomic mass is 32.1. The summed E-state index contributed by atoms with van der Waals surface area (Å²) < 4.78 is 10.7. The van der Waals surface area contributed by atoms with Crippen LogP contribution in [0.5, 0.6) is 0 Å². The Morgan fingerprint density at radius 3 is 2.93 bits per heavy atom. The quantitative estimate of drug-likeness (QED) is 0.838. The van der Waals surface area contributed by atoms with Crippen molar-refractivity contribution < 1.29 is 9.47 Å². The van der Waals surface area contributed by atoms with E-state index >= 15 is 0 Å². The first-order valence-electron chi connectivity index (χ1n) is 5.14. The number of aryl methyl sites for hydroxylation is 1. The highest BCUT2D eigenvalue weighted by Gasteiger charge is 2.19. The van der Waals surface area contributed by atoms with E-state index in [1.807, 2.05) is 12.3 Å². The summed E-state index contributed by atoms with van der Waals surface area (Å²) in [7, 11) is 0. The van der Waals surface area contributed by atoms with Crippen LogP contribution in [0.1, 0.15) is 17.1 Å². The maximum absolute atomic E-state index is 6.00. The summed E-state index contributed by atoms with van der Waals surface area (Å²) in [6.45, 7) is 3.37. The van der Waals surface area contributed by atoms with Crippen LogP contribution in [-0.2, 0) is 15.9 Å². The van der Waals surface area contributed by atoms with Gasteiger partial charge >= 0.3 is 0 Å². The molecule has 0 aromatic carbocycles. The molecule has 5 heteroatoms. The second-order valence-corrected chi connectivity index (χ2v) is 4.70. The zero-order valence-electron chi connectivity index (χ0n) is 8.81. The molecule has 84 valence electrons. The Bertz CT molecular complexity index is 310. The van der Waals surface area contributed by atoms with Crippen molar-refractivity contribution in [3.63, 3.8) is 0 Å². The van der Waals surface area contributed by atoms with Crippen LogP contribution in [0.25, 0.3) is 0 Å². The first-order chi connectivity index (χ1) is 7.24. The van der Waals surface area contributed by atoms with Gasteiger partial charge in [-0.25, -0.2) is 4.98 Å². The third kappa shape index (κ3) is 3.24. The van der Waals surface area contributed by atoms with Crippen LogP contribution in [-0.4, -0.2) is 30.5 Å². The van der Waals surface area contributed by atoms with Crippen LogP contribution in [0.4, 0.5) is 0 Å². The molecule has 0 spiro atoms. The molecule has 2 N–H and O–H groups in total. The van der Waals surface area contributed by atoms with Crippen molar-refractivity contribution >= 4 is 11.3 Å². The second-order valence-electron chi connectivity index (χ2n) is 3.75. The van der Waals surface area contributed by atoms with E-state index in [1.165, 1.54) is 0 Å². The first-order valence-corrected chi connectivity index (χ1v) is 6.02. The minimum atomic E-state index is -0.110. The molecule has 1 saturated heterocycles. The van der Waals surface area contributed by atoms with Crippen LogP contribution >= 0.6 is 11.3 Å². The molecule has 1 unspecified atom stereocenters. The molecule has 1 aromatic heterocycles. The molecule has 1 aliphatic heterocycles. The Morgan fingerprint density at radius 2 is 2.33 bits per heavy atom. The van der Waals surface area contributed by atoms with Crippen LogP contribution in [0.2, 0.25) is 0 Å². The van der Waals surface area contributed by atoms with Gasteiger partial charge in [0.2, 0.25) is 0 Å². The van der Waals surface area contributed by atoms with Crippen molar-refractivity contribution in [2.24, 2.45) is 5.73 Å².